The van der Waals surface area contributed by atoms with Crippen LogP contribution in [-0.4, -0.2) is 23.3 Å². The van der Waals surface area contributed by atoms with Crippen LogP contribution in [0.4, 0.5) is 15.8 Å². The van der Waals surface area contributed by atoms with Crippen molar-refractivity contribution in [2.45, 2.75) is 26.2 Å². The van der Waals surface area contributed by atoms with Crippen molar-refractivity contribution >= 4 is 34.5 Å². The number of hydrogen-bond acceptors (Lipinski definition) is 4. The molecule has 1 N–H and O–H groups in total. The zero-order valence-electron chi connectivity index (χ0n) is 15.9. The topological polar surface area (TPSA) is 62.3 Å². The molecule has 29 heavy (non-hydrogen) atoms. The van der Waals surface area contributed by atoms with Gasteiger partial charge in [0, 0.05) is 28.9 Å². The maximum atomic E-state index is 13.1. The van der Waals surface area contributed by atoms with Crippen molar-refractivity contribution in [2.24, 2.45) is 0 Å². The molecule has 3 aromatic rings. The molecular weight excluding hydrogens is 389 g/mol. The summed E-state index contributed by atoms with van der Waals surface area (Å²) in [5.41, 5.74) is 3.61. The Morgan fingerprint density at radius 2 is 2.00 bits per heavy atom. The molecule has 0 radical (unpaired) electrons. The van der Waals surface area contributed by atoms with E-state index in [0.717, 1.165) is 34.8 Å². The average molecular weight is 409 g/mol. The van der Waals surface area contributed by atoms with Gasteiger partial charge in [-0.25, -0.2) is 9.37 Å². The van der Waals surface area contributed by atoms with Crippen LogP contribution in [0.3, 0.4) is 0 Å². The van der Waals surface area contributed by atoms with Crippen molar-refractivity contribution in [1.82, 2.24) is 4.98 Å². The number of aromatic nitrogens is 1. The first-order valence-corrected chi connectivity index (χ1v) is 10.3. The van der Waals surface area contributed by atoms with Gasteiger partial charge in [0.15, 0.2) is 0 Å². The fraction of sp³-hybridized carbons (Fsp3) is 0.227. The zero-order chi connectivity index (χ0) is 20.4. The molecule has 4 rings (SSSR count). The third-order valence-electron chi connectivity index (χ3n) is 4.91. The van der Waals surface area contributed by atoms with E-state index in [0.29, 0.717) is 17.8 Å². The smallest absolute Gasteiger partial charge is 0.255 e. The van der Waals surface area contributed by atoms with E-state index in [-0.39, 0.29) is 24.1 Å². The number of carbonyl (C=O) groups is 2. The zero-order valence-corrected chi connectivity index (χ0v) is 16.8. The minimum atomic E-state index is -0.386. The Morgan fingerprint density at radius 3 is 2.72 bits per heavy atom. The van der Waals surface area contributed by atoms with Gasteiger partial charge in [-0.3, -0.25) is 9.59 Å². The molecular formula is C22H20FN3O2S. The monoisotopic (exact) mass is 409 g/mol. The van der Waals surface area contributed by atoms with E-state index in [9.17, 15) is 14.0 Å². The first-order valence-electron chi connectivity index (χ1n) is 9.41. The highest BCUT2D eigenvalue weighted by Gasteiger charge is 2.25. The van der Waals surface area contributed by atoms with E-state index in [1.165, 1.54) is 35.6 Å². The maximum absolute atomic E-state index is 13.1. The molecule has 5 nitrogen and oxygen atoms in total. The van der Waals surface area contributed by atoms with Gasteiger partial charge in [-0.05, 0) is 61.7 Å². The summed E-state index contributed by atoms with van der Waals surface area (Å²) >= 11 is 1.53. The largest absolute Gasteiger partial charge is 0.322 e. The second kappa shape index (κ2) is 8.13. The number of nitrogens with zero attached hydrogens (tertiary/aromatic N) is 2. The molecule has 7 heteroatoms. The first kappa shape index (κ1) is 19.3. The lowest BCUT2D eigenvalue weighted by Crippen LogP contribution is -2.37. The van der Waals surface area contributed by atoms with Crippen LogP contribution < -0.4 is 10.2 Å². The van der Waals surface area contributed by atoms with Crippen molar-refractivity contribution < 1.29 is 14.0 Å². The number of anilines is 2. The molecule has 2 amide bonds. The Bertz CT molecular complexity index is 1060. The predicted molar refractivity (Wildman–Crippen MR) is 112 cm³/mol. The number of halogens is 1. The van der Waals surface area contributed by atoms with Gasteiger partial charge in [-0.15, -0.1) is 11.3 Å². The van der Waals surface area contributed by atoms with Gasteiger partial charge in [0.2, 0.25) is 5.91 Å². The number of amides is 2. The Labute approximate surface area is 172 Å². The second-order valence-electron chi connectivity index (χ2n) is 6.95. The van der Waals surface area contributed by atoms with Crippen LogP contribution in [-0.2, 0) is 17.6 Å². The van der Waals surface area contributed by atoms with E-state index < -0.39 is 0 Å². The number of nitrogens with one attached hydrogen (secondary N) is 1. The SMILES string of the molecule is Cc1nc(CC(=O)N2CCCc3c(NC(=O)c4ccc(F)cc4)cccc32)cs1. The Kier molecular flexibility index (Phi) is 5.40. The molecule has 0 fully saturated rings. The first-order chi connectivity index (χ1) is 14.0. The summed E-state index contributed by atoms with van der Waals surface area (Å²) in [4.78, 5) is 31.6. The third kappa shape index (κ3) is 4.19. The normalized spacial score (nSPS) is 13.1. The van der Waals surface area contributed by atoms with Crippen LogP contribution in [0, 0.1) is 12.7 Å². The fourth-order valence-electron chi connectivity index (χ4n) is 3.54. The van der Waals surface area contributed by atoms with Gasteiger partial charge < -0.3 is 10.2 Å². The summed E-state index contributed by atoms with van der Waals surface area (Å²) in [5, 5.41) is 5.76. The lowest BCUT2D eigenvalue weighted by atomic mass is 9.99. The van der Waals surface area contributed by atoms with Gasteiger partial charge in [-0.1, -0.05) is 6.07 Å². The number of aryl methyl sites for hydroxylation is 1. The maximum Gasteiger partial charge on any atom is 0.255 e. The molecule has 0 atom stereocenters. The van der Waals surface area contributed by atoms with Gasteiger partial charge in [0.25, 0.3) is 5.91 Å². The van der Waals surface area contributed by atoms with Crippen molar-refractivity contribution in [1.29, 1.82) is 0 Å². The predicted octanol–water partition coefficient (Wildman–Crippen LogP) is 4.36. The fourth-order valence-corrected chi connectivity index (χ4v) is 4.15. The Hall–Kier alpha value is -3.06. The number of fused-ring (bicyclic) bond motifs is 1. The summed E-state index contributed by atoms with van der Waals surface area (Å²) in [5.74, 6) is -0.693. The number of hydrogen-bond donors (Lipinski definition) is 1. The minimum Gasteiger partial charge on any atom is -0.322 e. The highest BCUT2D eigenvalue weighted by atomic mass is 32.1. The summed E-state index contributed by atoms with van der Waals surface area (Å²) in [6.45, 7) is 2.56. The van der Waals surface area contributed by atoms with Gasteiger partial charge in [0.1, 0.15) is 5.82 Å². The standard InChI is InChI=1S/C22H20FN3O2S/c1-14-24-17(13-29-14)12-21(27)26-11-3-4-18-19(5-2-6-20(18)26)25-22(28)15-7-9-16(23)10-8-15/h2,5-10,13H,3-4,11-12H2,1H3,(H,25,28). The summed E-state index contributed by atoms with van der Waals surface area (Å²) in [6.07, 6.45) is 1.85. The Morgan fingerprint density at radius 1 is 1.21 bits per heavy atom. The average Bonchev–Trinajstić information content (AvgIpc) is 3.12. The molecule has 0 spiro atoms. The van der Waals surface area contributed by atoms with E-state index in [4.69, 9.17) is 0 Å². The molecule has 1 aliphatic heterocycles. The van der Waals surface area contributed by atoms with Gasteiger partial charge >= 0.3 is 0 Å². The number of rotatable bonds is 4. The third-order valence-corrected chi connectivity index (χ3v) is 5.73. The molecule has 1 aromatic heterocycles. The molecule has 2 aromatic carbocycles. The number of carbonyl (C=O) groups excluding carboxylic acids is 2. The van der Waals surface area contributed by atoms with Crippen molar-refractivity contribution in [3.63, 3.8) is 0 Å². The van der Waals surface area contributed by atoms with Crippen LogP contribution in [0.15, 0.2) is 47.8 Å². The molecule has 148 valence electrons. The van der Waals surface area contributed by atoms with Gasteiger partial charge in [-0.2, -0.15) is 0 Å². The van der Waals surface area contributed by atoms with Crippen molar-refractivity contribution in [2.75, 3.05) is 16.8 Å². The van der Waals surface area contributed by atoms with Crippen LogP contribution in [0.2, 0.25) is 0 Å². The molecule has 1 aliphatic rings. The molecule has 0 saturated carbocycles. The molecule has 0 aliphatic carbocycles. The lowest BCUT2D eigenvalue weighted by molar-refractivity contribution is -0.118. The van der Waals surface area contributed by atoms with E-state index in [1.54, 1.807) is 4.90 Å². The van der Waals surface area contributed by atoms with E-state index in [2.05, 4.69) is 10.3 Å². The van der Waals surface area contributed by atoms with Crippen molar-refractivity contribution in [3.8, 4) is 0 Å². The lowest BCUT2D eigenvalue weighted by Gasteiger charge is -2.31. The molecule has 0 saturated heterocycles. The van der Waals surface area contributed by atoms with Crippen LogP contribution in [0.25, 0.3) is 0 Å². The highest BCUT2D eigenvalue weighted by molar-refractivity contribution is 7.09. The highest BCUT2D eigenvalue weighted by Crippen LogP contribution is 2.33. The van der Waals surface area contributed by atoms with Crippen LogP contribution in [0.5, 0.6) is 0 Å². The number of thiazole rings is 1. The van der Waals surface area contributed by atoms with E-state index >= 15 is 0 Å². The molecule has 0 unspecified atom stereocenters. The van der Waals surface area contributed by atoms with Crippen molar-refractivity contribution in [3.05, 3.63) is 75.5 Å². The summed E-state index contributed by atoms with van der Waals surface area (Å²) in [6, 6.07) is 11.0. The van der Waals surface area contributed by atoms with E-state index in [1.807, 2.05) is 30.5 Å². The Balaban J connectivity index is 1.56. The minimum absolute atomic E-state index is 0.00161. The summed E-state index contributed by atoms with van der Waals surface area (Å²) in [7, 11) is 0. The molecule has 2 heterocycles. The number of benzene rings is 2. The molecule has 0 bridgehead atoms. The quantitative estimate of drug-likeness (QED) is 0.696. The second-order valence-corrected chi connectivity index (χ2v) is 8.01. The summed E-state index contributed by atoms with van der Waals surface area (Å²) < 4.78 is 13.1. The van der Waals surface area contributed by atoms with Crippen LogP contribution >= 0.6 is 11.3 Å². The van der Waals surface area contributed by atoms with Crippen LogP contribution in [0.1, 0.15) is 33.0 Å². The van der Waals surface area contributed by atoms with Gasteiger partial charge in [0.05, 0.1) is 17.1 Å².